The molecule has 1 saturated carbocycles. The van der Waals surface area contributed by atoms with Gasteiger partial charge in [0, 0.05) is 17.8 Å². The molecule has 1 aliphatic carbocycles. The first-order valence-electron chi connectivity index (χ1n) is 4.03. The van der Waals surface area contributed by atoms with Crippen molar-refractivity contribution in [2.75, 3.05) is 0 Å². The summed E-state index contributed by atoms with van der Waals surface area (Å²) in [5.74, 6) is 0.135. The molecule has 3 heteroatoms. The molecule has 0 spiro atoms. The molecule has 0 unspecified atom stereocenters. The number of aromatic nitrogens is 2. The lowest BCUT2D eigenvalue weighted by atomic mass is 10.0. The van der Waals surface area contributed by atoms with Gasteiger partial charge in [0.1, 0.15) is 5.69 Å². The lowest BCUT2D eigenvalue weighted by molar-refractivity contribution is 0.0907. The Morgan fingerprint density at radius 2 is 2.25 bits per heavy atom. The minimum Gasteiger partial charge on any atom is -0.292 e. The summed E-state index contributed by atoms with van der Waals surface area (Å²) in [6.07, 6.45) is 6.64. The van der Waals surface area contributed by atoms with Crippen LogP contribution >= 0.6 is 0 Å². The second-order valence-corrected chi connectivity index (χ2v) is 3.48. The maximum absolute atomic E-state index is 11.6. The van der Waals surface area contributed by atoms with E-state index in [4.69, 9.17) is 0 Å². The fourth-order valence-corrected chi connectivity index (χ4v) is 1.14. The van der Waals surface area contributed by atoms with Crippen LogP contribution in [-0.2, 0) is 0 Å². The van der Waals surface area contributed by atoms with Crippen LogP contribution in [-0.4, -0.2) is 15.8 Å². The zero-order valence-corrected chi connectivity index (χ0v) is 6.95. The topological polar surface area (TPSA) is 42.9 Å². The summed E-state index contributed by atoms with van der Waals surface area (Å²) < 4.78 is 0. The van der Waals surface area contributed by atoms with Crippen LogP contribution in [0.1, 0.15) is 30.3 Å². The number of Topliss-reactive ketones (excluding diaryl/α,β-unsaturated/α-hetero) is 1. The van der Waals surface area contributed by atoms with Gasteiger partial charge in [-0.05, 0) is 12.8 Å². The van der Waals surface area contributed by atoms with Crippen LogP contribution < -0.4 is 0 Å². The molecule has 0 atom stereocenters. The normalized spacial score (nSPS) is 18.8. The van der Waals surface area contributed by atoms with Gasteiger partial charge in [0.15, 0.2) is 5.78 Å². The largest absolute Gasteiger partial charge is 0.292 e. The van der Waals surface area contributed by atoms with Gasteiger partial charge in [-0.3, -0.25) is 9.78 Å². The van der Waals surface area contributed by atoms with E-state index in [1.54, 1.807) is 12.4 Å². The van der Waals surface area contributed by atoms with Gasteiger partial charge < -0.3 is 0 Å². The molecular weight excluding hydrogens is 152 g/mol. The van der Waals surface area contributed by atoms with E-state index >= 15 is 0 Å². The summed E-state index contributed by atoms with van der Waals surface area (Å²) in [5, 5.41) is 0. The Hall–Kier alpha value is -1.25. The Bertz CT molecular complexity index is 304. The second kappa shape index (κ2) is 2.37. The monoisotopic (exact) mass is 162 g/mol. The van der Waals surface area contributed by atoms with Gasteiger partial charge in [0.2, 0.25) is 0 Å². The Labute approximate surface area is 70.9 Å². The van der Waals surface area contributed by atoms with E-state index in [-0.39, 0.29) is 11.2 Å². The van der Waals surface area contributed by atoms with Crippen molar-refractivity contribution < 1.29 is 4.79 Å². The quantitative estimate of drug-likeness (QED) is 0.618. The van der Waals surface area contributed by atoms with Crippen molar-refractivity contribution in [3.8, 4) is 0 Å². The molecule has 62 valence electrons. The Balaban J connectivity index is 2.26. The Morgan fingerprint density at radius 1 is 1.50 bits per heavy atom. The Morgan fingerprint density at radius 3 is 2.75 bits per heavy atom. The third-order valence-electron chi connectivity index (χ3n) is 2.34. The number of hydrogen-bond acceptors (Lipinski definition) is 3. The molecule has 0 aliphatic heterocycles. The molecule has 1 aromatic rings. The van der Waals surface area contributed by atoms with E-state index in [2.05, 4.69) is 9.97 Å². The third-order valence-corrected chi connectivity index (χ3v) is 2.34. The maximum Gasteiger partial charge on any atom is 0.188 e. The molecule has 0 N–H and O–H groups in total. The van der Waals surface area contributed by atoms with Crippen molar-refractivity contribution in [3.05, 3.63) is 24.3 Å². The van der Waals surface area contributed by atoms with Gasteiger partial charge in [0.05, 0.1) is 6.20 Å². The van der Waals surface area contributed by atoms with Crippen LogP contribution in [0.15, 0.2) is 18.6 Å². The minimum absolute atomic E-state index is 0.129. The summed E-state index contributed by atoms with van der Waals surface area (Å²) in [6.45, 7) is 1.98. The highest BCUT2D eigenvalue weighted by Gasteiger charge is 2.45. The average molecular weight is 162 g/mol. The molecular formula is C9H10N2O. The Kier molecular flexibility index (Phi) is 1.46. The van der Waals surface area contributed by atoms with Crippen molar-refractivity contribution in [1.82, 2.24) is 9.97 Å². The van der Waals surface area contributed by atoms with Crippen molar-refractivity contribution in [3.63, 3.8) is 0 Å². The summed E-state index contributed by atoms with van der Waals surface area (Å²) in [5.41, 5.74) is 0.369. The van der Waals surface area contributed by atoms with Crippen LogP contribution in [0.5, 0.6) is 0 Å². The van der Waals surface area contributed by atoms with E-state index in [0.29, 0.717) is 5.69 Å². The fourth-order valence-electron chi connectivity index (χ4n) is 1.14. The first kappa shape index (κ1) is 7.40. The molecule has 1 aliphatic rings. The molecule has 0 aromatic carbocycles. The van der Waals surface area contributed by atoms with Crippen molar-refractivity contribution in [2.45, 2.75) is 19.8 Å². The van der Waals surface area contributed by atoms with E-state index in [1.807, 2.05) is 6.92 Å². The van der Waals surface area contributed by atoms with Crippen LogP contribution in [0, 0.1) is 5.41 Å². The SMILES string of the molecule is CC1(C(=O)c2cnccn2)CC1. The number of rotatable bonds is 2. The summed E-state index contributed by atoms with van der Waals surface area (Å²) >= 11 is 0. The highest BCUT2D eigenvalue weighted by molar-refractivity contribution is 6.00. The molecule has 0 amide bonds. The average Bonchev–Trinajstić information content (AvgIpc) is 2.85. The summed E-state index contributed by atoms with van der Waals surface area (Å²) in [4.78, 5) is 19.5. The van der Waals surface area contributed by atoms with Crippen LogP contribution in [0.25, 0.3) is 0 Å². The van der Waals surface area contributed by atoms with E-state index < -0.39 is 0 Å². The minimum atomic E-state index is -0.129. The number of ketones is 1. The van der Waals surface area contributed by atoms with Crippen LogP contribution in [0.3, 0.4) is 0 Å². The molecule has 12 heavy (non-hydrogen) atoms. The number of nitrogens with zero attached hydrogens (tertiary/aromatic N) is 2. The predicted molar refractivity (Wildman–Crippen MR) is 43.7 cm³/mol. The lowest BCUT2D eigenvalue weighted by Gasteiger charge is -2.03. The fraction of sp³-hybridized carbons (Fsp3) is 0.444. The van der Waals surface area contributed by atoms with Crippen molar-refractivity contribution in [2.24, 2.45) is 5.41 Å². The van der Waals surface area contributed by atoms with Crippen molar-refractivity contribution >= 4 is 5.78 Å². The van der Waals surface area contributed by atoms with E-state index in [1.165, 1.54) is 6.20 Å². The predicted octanol–water partition coefficient (Wildman–Crippen LogP) is 1.46. The third kappa shape index (κ3) is 1.11. The van der Waals surface area contributed by atoms with E-state index in [9.17, 15) is 4.79 Å². The molecule has 0 bridgehead atoms. The van der Waals surface area contributed by atoms with Gasteiger partial charge in [-0.25, -0.2) is 4.98 Å². The molecule has 1 fully saturated rings. The molecule has 2 rings (SSSR count). The van der Waals surface area contributed by atoms with Gasteiger partial charge in [-0.1, -0.05) is 6.92 Å². The zero-order valence-electron chi connectivity index (χ0n) is 6.95. The van der Waals surface area contributed by atoms with Gasteiger partial charge in [0.25, 0.3) is 0 Å². The number of carbonyl (C=O) groups excluding carboxylic acids is 1. The van der Waals surface area contributed by atoms with Gasteiger partial charge >= 0.3 is 0 Å². The molecule has 3 nitrogen and oxygen atoms in total. The standard InChI is InChI=1S/C9H10N2O/c1-9(2-3-9)8(12)7-6-10-4-5-11-7/h4-6H,2-3H2,1H3. The highest BCUT2D eigenvalue weighted by Crippen LogP contribution is 2.47. The first-order valence-corrected chi connectivity index (χ1v) is 4.03. The summed E-state index contributed by atoms with van der Waals surface area (Å²) in [6, 6.07) is 0. The van der Waals surface area contributed by atoms with Crippen LogP contribution in [0.4, 0.5) is 0 Å². The maximum atomic E-state index is 11.6. The molecule has 0 radical (unpaired) electrons. The molecule has 1 heterocycles. The number of carbonyl (C=O) groups is 1. The first-order chi connectivity index (χ1) is 5.72. The zero-order chi connectivity index (χ0) is 8.60. The van der Waals surface area contributed by atoms with Gasteiger partial charge in [-0.2, -0.15) is 0 Å². The smallest absolute Gasteiger partial charge is 0.188 e. The molecule has 0 saturated heterocycles. The van der Waals surface area contributed by atoms with E-state index in [0.717, 1.165) is 12.8 Å². The van der Waals surface area contributed by atoms with Crippen molar-refractivity contribution in [1.29, 1.82) is 0 Å². The summed E-state index contributed by atoms with van der Waals surface area (Å²) in [7, 11) is 0. The second-order valence-electron chi connectivity index (χ2n) is 3.48. The van der Waals surface area contributed by atoms with Gasteiger partial charge in [-0.15, -0.1) is 0 Å². The highest BCUT2D eigenvalue weighted by atomic mass is 16.1. The molecule has 1 aromatic heterocycles. The van der Waals surface area contributed by atoms with Crippen LogP contribution in [0.2, 0.25) is 0 Å². The number of hydrogen-bond donors (Lipinski definition) is 0. The lowest BCUT2D eigenvalue weighted by Crippen LogP contribution is -2.13.